The average molecular weight is 277 g/mol. The van der Waals surface area contributed by atoms with Gasteiger partial charge in [-0.15, -0.1) is 7.92 Å². The van der Waals surface area contributed by atoms with Crippen LogP contribution in [0.3, 0.4) is 0 Å². The molecule has 0 aliphatic carbocycles. The summed E-state index contributed by atoms with van der Waals surface area (Å²) in [5.74, 6) is 4.94. The first kappa shape index (κ1) is 20.7. The van der Waals surface area contributed by atoms with Crippen molar-refractivity contribution in [2.24, 2.45) is 5.90 Å². The molecule has 18 heavy (non-hydrogen) atoms. The van der Waals surface area contributed by atoms with Crippen LogP contribution in [0.5, 0.6) is 0 Å². The van der Waals surface area contributed by atoms with E-state index in [4.69, 9.17) is 5.90 Å². The lowest BCUT2D eigenvalue weighted by molar-refractivity contribution is 0.133. The highest BCUT2D eigenvalue weighted by Gasteiger charge is 1.91. The molecule has 2 nitrogen and oxygen atoms in total. The Balaban J connectivity index is 0. The quantitative estimate of drug-likeness (QED) is 0.322. The van der Waals surface area contributed by atoms with E-state index in [0.717, 1.165) is 13.0 Å². The monoisotopic (exact) mass is 277 g/mol. The van der Waals surface area contributed by atoms with Crippen molar-refractivity contribution in [1.82, 2.24) is 0 Å². The Hall–Kier alpha value is 0.350. The summed E-state index contributed by atoms with van der Waals surface area (Å²) in [6, 6.07) is 0. The predicted octanol–water partition coefficient (Wildman–Crippen LogP) is 5.16. The highest BCUT2D eigenvalue weighted by atomic mass is 31.1. The first-order chi connectivity index (χ1) is 8.65. The molecule has 0 rings (SSSR count). The molecule has 0 aliphatic rings. The van der Waals surface area contributed by atoms with Crippen molar-refractivity contribution >= 4 is 7.92 Å². The van der Waals surface area contributed by atoms with Crippen molar-refractivity contribution < 1.29 is 4.84 Å². The molecule has 0 aromatic rings. The van der Waals surface area contributed by atoms with Crippen LogP contribution in [0.25, 0.3) is 0 Å². The van der Waals surface area contributed by atoms with Gasteiger partial charge >= 0.3 is 0 Å². The Labute approximate surface area is 117 Å². The minimum Gasteiger partial charge on any atom is -0.305 e. The summed E-state index contributed by atoms with van der Waals surface area (Å²) >= 11 is 0. The van der Waals surface area contributed by atoms with Gasteiger partial charge in [-0.25, -0.2) is 5.90 Å². The third-order valence-electron chi connectivity index (χ3n) is 2.62. The molecule has 0 atom stereocenters. The van der Waals surface area contributed by atoms with Crippen molar-refractivity contribution in [1.29, 1.82) is 0 Å². The minimum atomic E-state index is 0.380. The SMILES string of the molecule is CCCCCCCCCCCCON.CP(C)C. The van der Waals surface area contributed by atoms with E-state index in [1.165, 1.54) is 57.8 Å². The Morgan fingerprint density at radius 3 is 1.39 bits per heavy atom. The zero-order chi connectivity index (χ0) is 14.1. The molecule has 0 heterocycles. The van der Waals surface area contributed by atoms with Crippen molar-refractivity contribution in [2.45, 2.75) is 71.1 Å². The third-order valence-corrected chi connectivity index (χ3v) is 2.62. The molecule has 3 heteroatoms. The molecule has 0 aromatic heterocycles. The molecular weight excluding hydrogens is 241 g/mol. The molecule has 0 saturated heterocycles. The second-order valence-corrected chi connectivity index (χ2v) is 8.08. The summed E-state index contributed by atoms with van der Waals surface area (Å²) in [4.78, 5) is 4.51. The molecule has 0 fully saturated rings. The fourth-order valence-corrected chi connectivity index (χ4v) is 1.67. The molecule has 0 aromatic carbocycles. The third kappa shape index (κ3) is 29.9. The van der Waals surface area contributed by atoms with E-state index in [0.29, 0.717) is 7.92 Å². The van der Waals surface area contributed by atoms with E-state index in [1.807, 2.05) is 0 Å². The van der Waals surface area contributed by atoms with E-state index in [9.17, 15) is 0 Å². The molecule has 0 spiro atoms. The molecule has 0 saturated carbocycles. The fraction of sp³-hybridized carbons (Fsp3) is 1.00. The van der Waals surface area contributed by atoms with Gasteiger partial charge in [0, 0.05) is 0 Å². The highest BCUT2D eigenvalue weighted by Crippen LogP contribution is 2.14. The van der Waals surface area contributed by atoms with E-state index in [2.05, 4.69) is 31.8 Å². The van der Waals surface area contributed by atoms with Gasteiger partial charge in [0.2, 0.25) is 0 Å². The van der Waals surface area contributed by atoms with Crippen LogP contribution in [-0.2, 0) is 4.84 Å². The normalized spacial score (nSPS) is 10.3. The number of hydrogen-bond donors (Lipinski definition) is 1. The van der Waals surface area contributed by atoms with Crippen LogP contribution < -0.4 is 5.90 Å². The summed E-state index contributed by atoms with van der Waals surface area (Å²) in [5, 5.41) is 0. The van der Waals surface area contributed by atoms with E-state index < -0.39 is 0 Å². The second-order valence-electron chi connectivity index (χ2n) is 5.39. The maximum Gasteiger partial charge on any atom is 0.0679 e. The Morgan fingerprint density at radius 1 is 0.722 bits per heavy atom. The van der Waals surface area contributed by atoms with E-state index in [-0.39, 0.29) is 0 Å². The smallest absolute Gasteiger partial charge is 0.0679 e. The Bertz CT molecular complexity index is 117. The van der Waals surface area contributed by atoms with Crippen molar-refractivity contribution in [3.05, 3.63) is 0 Å². The summed E-state index contributed by atoms with van der Waals surface area (Å²) in [5.41, 5.74) is 0. The Kier molecular flexibility index (Phi) is 22.6. The molecule has 0 bridgehead atoms. The van der Waals surface area contributed by atoms with Crippen LogP contribution in [0.15, 0.2) is 0 Å². The zero-order valence-corrected chi connectivity index (χ0v) is 14.1. The van der Waals surface area contributed by atoms with Crippen molar-refractivity contribution in [2.75, 3.05) is 26.6 Å². The molecule has 112 valence electrons. The average Bonchev–Trinajstić information content (AvgIpc) is 2.31. The molecule has 2 N–H and O–H groups in total. The lowest BCUT2D eigenvalue weighted by Gasteiger charge is -2.01. The maximum atomic E-state index is 4.94. The summed E-state index contributed by atoms with van der Waals surface area (Å²) in [6.45, 7) is 9.68. The van der Waals surface area contributed by atoms with Gasteiger partial charge < -0.3 is 4.84 Å². The number of nitrogens with two attached hydrogens (primary N) is 1. The largest absolute Gasteiger partial charge is 0.305 e. The summed E-state index contributed by atoms with van der Waals surface area (Å²) < 4.78 is 0. The molecule has 0 unspecified atom stereocenters. The van der Waals surface area contributed by atoms with Gasteiger partial charge in [0.15, 0.2) is 0 Å². The standard InChI is InChI=1S/C12H27NO.C3H9P/c1-2-3-4-5-6-7-8-9-10-11-12-14-13;1-4(2)3/h2-13H2,1H3;1-3H3. The molecule has 0 aliphatic heterocycles. The number of hydrogen-bond acceptors (Lipinski definition) is 2. The van der Waals surface area contributed by atoms with Gasteiger partial charge in [-0.3, -0.25) is 0 Å². The van der Waals surface area contributed by atoms with Crippen LogP contribution in [0.4, 0.5) is 0 Å². The van der Waals surface area contributed by atoms with Gasteiger partial charge in [-0.1, -0.05) is 64.7 Å². The van der Waals surface area contributed by atoms with Crippen LogP contribution in [-0.4, -0.2) is 26.6 Å². The van der Waals surface area contributed by atoms with Gasteiger partial charge in [0.1, 0.15) is 0 Å². The van der Waals surface area contributed by atoms with Gasteiger partial charge in [-0.2, -0.15) is 0 Å². The van der Waals surface area contributed by atoms with Crippen molar-refractivity contribution in [3.63, 3.8) is 0 Å². The lowest BCUT2D eigenvalue weighted by Crippen LogP contribution is -2.00. The summed E-state index contributed by atoms with van der Waals surface area (Å²) in [6.07, 6.45) is 13.6. The van der Waals surface area contributed by atoms with Crippen LogP contribution in [0.1, 0.15) is 71.1 Å². The molecule has 0 radical (unpaired) electrons. The van der Waals surface area contributed by atoms with Crippen LogP contribution in [0.2, 0.25) is 0 Å². The number of unbranched alkanes of at least 4 members (excludes halogenated alkanes) is 9. The van der Waals surface area contributed by atoms with Crippen LogP contribution >= 0.6 is 7.92 Å². The van der Waals surface area contributed by atoms with Gasteiger partial charge in [0.25, 0.3) is 0 Å². The molecular formula is C15H36NOP. The first-order valence-electron chi connectivity index (χ1n) is 7.57. The van der Waals surface area contributed by atoms with E-state index in [1.54, 1.807) is 0 Å². The predicted molar refractivity (Wildman–Crippen MR) is 86.7 cm³/mol. The van der Waals surface area contributed by atoms with Gasteiger partial charge in [-0.05, 0) is 26.4 Å². The fourth-order valence-electron chi connectivity index (χ4n) is 1.67. The summed E-state index contributed by atoms with van der Waals surface area (Å²) in [7, 11) is 0.380. The topological polar surface area (TPSA) is 35.2 Å². The number of rotatable bonds is 11. The highest BCUT2D eigenvalue weighted by molar-refractivity contribution is 7.55. The lowest BCUT2D eigenvalue weighted by atomic mass is 10.1. The Morgan fingerprint density at radius 2 is 1.06 bits per heavy atom. The van der Waals surface area contributed by atoms with Crippen molar-refractivity contribution in [3.8, 4) is 0 Å². The maximum absolute atomic E-state index is 4.94. The first-order valence-corrected chi connectivity index (χ1v) is 10.3. The van der Waals surface area contributed by atoms with Gasteiger partial charge in [0.05, 0.1) is 6.61 Å². The van der Waals surface area contributed by atoms with E-state index >= 15 is 0 Å². The molecule has 0 amide bonds. The second kappa shape index (κ2) is 19.7. The minimum absolute atomic E-state index is 0.380. The zero-order valence-electron chi connectivity index (χ0n) is 13.2. The van der Waals surface area contributed by atoms with Crippen LogP contribution in [0, 0.1) is 0 Å².